The molecule has 0 spiro atoms. The highest BCUT2D eigenvalue weighted by Crippen LogP contribution is 2.32. The molecule has 4 heteroatoms. The number of aromatic nitrogens is 1. The van der Waals surface area contributed by atoms with E-state index in [1.54, 1.807) is 0 Å². The van der Waals surface area contributed by atoms with Gasteiger partial charge in [0.2, 0.25) is 0 Å². The third kappa shape index (κ3) is 2.66. The molecule has 2 aromatic rings. The van der Waals surface area contributed by atoms with Crippen molar-refractivity contribution in [3.05, 3.63) is 54.4 Å². The highest BCUT2D eigenvalue weighted by Gasteiger charge is 2.32. The molecule has 0 radical (unpaired) electrons. The Morgan fingerprint density at radius 1 is 1.14 bits per heavy atom. The lowest BCUT2D eigenvalue weighted by Gasteiger charge is -2.39. The molecule has 1 aliphatic rings. The maximum atomic E-state index is 12.6. The normalized spacial score (nSPS) is 17.7. The number of nitrogens with zero attached hydrogens (tertiary/aromatic N) is 2. The van der Waals surface area contributed by atoms with Crippen LogP contribution in [0, 0.1) is 5.92 Å². The zero-order valence-electron chi connectivity index (χ0n) is 12.5. The first-order valence-corrected chi connectivity index (χ1v) is 7.44. The Morgan fingerprint density at radius 3 is 2.62 bits per heavy atom. The van der Waals surface area contributed by atoms with E-state index in [2.05, 4.69) is 42.1 Å². The molecule has 1 N–H and O–H groups in total. The summed E-state index contributed by atoms with van der Waals surface area (Å²) in [7, 11) is 0. The fourth-order valence-electron chi connectivity index (χ4n) is 3.06. The van der Waals surface area contributed by atoms with Crippen LogP contribution in [0.25, 0.3) is 0 Å². The van der Waals surface area contributed by atoms with Gasteiger partial charge in [0.05, 0.1) is 6.04 Å². The van der Waals surface area contributed by atoms with Gasteiger partial charge in [-0.15, -0.1) is 0 Å². The molecular formula is C17H21N3O. The van der Waals surface area contributed by atoms with Crippen molar-refractivity contribution in [3.63, 3.8) is 0 Å². The predicted octanol–water partition coefficient (Wildman–Crippen LogP) is 3.73. The lowest BCUT2D eigenvalue weighted by atomic mass is 9.97. The van der Waals surface area contributed by atoms with E-state index in [9.17, 15) is 4.79 Å². The van der Waals surface area contributed by atoms with Crippen molar-refractivity contribution in [2.24, 2.45) is 5.92 Å². The number of anilines is 1. The number of amides is 2. The van der Waals surface area contributed by atoms with Crippen molar-refractivity contribution in [1.82, 2.24) is 9.47 Å². The van der Waals surface area contributed by atoms with Crippen molar-refractivity contribution in [1.29, 1.82) is 0 Å². The zero-order valence-corrected chi connectivity index (χ0v) is 12.5. The molecular weight excluding hydrogens is 262 g/mol. The van der Waals surface area contributed by atoms with E-state index >= 15 is 0 Å². The number of hydrogen-bond acceptors (Lipinski definition) is 1. The van der Waals surface area contributed by atoms with Crippen LogP contribution in [0.2, 0.25) is 0 Å². The van der Waals surface area contributed by atoms with Gasteiger partial charge in [0.1, 0.15) is 0 Å². The first-order chi connectivity index (χ1) is 10.2. The van der Waals surface area contributed by atoms with Gasteiger partial charge in [0, 0.05) is 30.7 Å². The molecule has 3 rings (SSSR count). The molecule has 1 aliphatic heterocycles. The van der Waals surface area contributed by atoms with E-state index in [1.165, 1.54) is 5.69 Å². The van der Waals surface area contributed by atoms with E-state index in [1.807, 2.05) is 35.2 Å². The van der Waals surface area contributed by atoms with E-state index in [-0.39, 0.29) is 12.1 Å². The molecule has 21 heavy (non-hydrogen) atoms. The molecule has 0 saturated heterocycles. The molecule has 110 valence electrons. The largest absolute Gasteiger partial charge is 0.348 e. The fourth-order valence-corrected chi connectivity index (χ4v) is 3.06. The zero-order chi connectivity index (χ0) is 14.8. The summed E-state index contributed by atoms with van der Waals surface area (Å²) in [6, 6.07) is 13.9. The average Bonchev–Trinajstić information content (AvgIpc) is 2.95. The molecule has 0 fully saturated rings. The quantitative estimate of drug-likeness (QED) is 0.896. The summed E-state index contributed by atoms with van der Waals surface area (Å²) in [4.78, 5) is 14.6. The Morgan fingerprint density at radius 2 is 1.90 bits per heavy atom. The highest BCUT2D eigenvalue weighted by atomic mass is 16.2. The second kappa shape index (κ2) is 5.64. The van der Waals surface area contributed by atoms with E-state index in [0.717, 1.165) is 18.8 Å². The molecule has 1 atom stereocenters. The van der Waals surface area contributed by atoms with Crippen LogP contribution < -0.4 is 5.32 Å². The lowest BCUT2D eigenvalue weighted by molar-refractivity contribution is 0.144. The third-order valence-corrected chi connectivity index (χ3v) is 4.00. The molecule has 1 aromatic carbocycles. The topological polar surface area (TPSA) is 37.3 Å². The van der Waals surface area contributed by atoms with Crippen molar-refractivity contribution in [3.8, 4) is 0 Å². The van der Waals surface area contributed by atoms with Gasteiger partial charge < -0.3 is 14.8 Å². The van der Waals surface area contributed by atoms with Crippen LogP contribution in [-0.2, 0) is 6.54 Å². The molecule has 0 unspecified atom stereocenters. The van der Waals surface area contributed by atoms with E-state index in [4.69, 9.17) is 0 Å². The smallest absolute Gasteiger partial charge is 0.322 e. The van der Waals surface area contributed by atoms with Gasteiger partial charge in [-0.05, 0) is 30.2 Å². The summed E-state index contributed by atoms with van der Waals surface area (Å²) in [5, 5.41) is 3.00. The SMILES string of the molecule is CC(C)[C@H]1c2cccn2CCN1C(=O)Nc1ccccc1. The maximum absolute atomic E-state index is 12.6. The predicted molar refractivity (Wildman–Crippen MR) is 84.2 cm³/mol. The average molecular weight is 283 g/mol. The van der Waals surface area contributed by atoms with Gasteiger partial charge in [-0.2, -0.15) is 0 Å². The van der Waals surface area contributed by atoms with Crippen LogP contribution in [0.15, 0.2) is 48.7 Å². The van der Waals surface area contributed by atoms with Crippen molar-refractivity contribution < 1.29 is 4.79 Å². The minimum Gasteiger partial charge on any atom is -0.348 e. The molecule has 2 amide bonds. The number of carbonyl (C=O) groups excluding carboxylic acids is 1. The standard InChI is InChI=1S/C17H21N3O/c1-13(2)16-15-9-6-10-19(15)11-12-20(16)17(21)18-14-7-4-3-5-8-14/h3-10,13,16H,11-12H2,1-2H3,(H,18,21)/t16-/m0/s1. The minimum absolute atomic E-state index is 0.0210. The van der Waals surface area contributed by atoms with Crippen LogP contribution in [0.1, 0.15) is 25.6 Å². The second-order valence-electron chi connectivity index (χ2n) is 5.80. The molecule has 4 nitrogen and oxygen atoms in total. The van der Waals surface area contributed by atoms with Crippen molar-refractivity contribution >= 4 is 11.7 Å². The Balaban J connectivity index is 1.83. The summed E-state index contributed by atoms with van der Waals surface area (Å²) < 4.78 is 2.25. The third-order valence-electron chi connectivity index (χ3n) is 4.00. The van der Waals surface area contributed by atoms with Crippen molar-refractivity contribution in [2.45, 2.75) is 26.4 Å². The van der Waals surface area contributed by atoms with E-state index in [0.29, 0.717) is 5.92 Å². The Bertz CT molecular complexity index is 618. The number of para-hydroxylation sites is 1. The molecule has 0 saturated carbocycles. The van der Waals surface area contributed by atoms with Crippen LogP contribution >= 0.6 is 0 Å². The Labute approximate surface area is 125 Å². The number of benzene rings is 1. The number of urea groups is 1. The summed E-state index contributed by atoms with van der Waals surface area (Å²) in [5.41, 5.74) is 2.06. The summed E-state index contributed by atoms with van der Waals surface area (Å²) in [6.07, 6.45) is 2.09. The molecule has 1 aromatic heterocycles. The molecule has 0 bridgehead atoms. The summed E-state index contributed by atoms with van der Waals surface area (Å²) >= 11 is 0. The van der Waals surface area contributed by atoms with Crippen LogP contribution in [0.4, 0.5) is 10.5 Å². The van der Waals surface area contributed by atoms with Gasteiger partial charge in [-0.1, -0.05) is 32.0 Å². The molecule has 2 heterocycles. The highest BCUT2D eigenvalue weighted by molar-refractivity contribution is 5.89. The van der Waals surface area contributed by atoms with Crippen LogP contribution in [-0.4, -0.2) is 22.0 Å². The van der Waals surface area contributed by atoms with Crippen LogP contribution in [0.5, 0.6) is 0 Å². The van der Waals surface area contributed by atoms with Gasteiger partial charge in [0.15, 0.2) is 0 Å². The number of nitrogens with one attached hydrogen (secondary N) is 1. The number of rotatable bonds is 2. The Kier molecular flexibility index (Phi) is 3.69. The minimum atomic E-state index is -0.0210. The fraction of sp³-hybridized carbons (Fsp3) is 0.353. The lowest BCUT2D eigenvalue weighted by Crippen LogP contribution is -2.45. The van der Waals surface area contributed by atoms with Gasteiger partial charge in [0.25, 0.3) is 0 Å². The summed E-state index contributed by atoms with van der Waals surface area (Å²) in [5.74, 6) is 0.375. The number of hydrogen-bond donors (Lipinski definition) is 1. The van der Waals surface area contributed by atoms with Gasteiger partial charge in [-0.25, -0.2) is 4.79 Å². The Hall–Kier alpha value is -2.23. The van der Waals surface area contributed by atoms with Crippen LogP contribution in [0.3, 0.4) is 0 Å². The second-order valence-corrected chi connectivity index (χ2v) is 5.80. The molecule has 0 aliphatic carbocycles. The van der Waals surface area contributed by atoms with Gasteiger partial charge in [-0.3, -0.25) is 0 Å². The first-order valence-electron chi connectivity index (χ1n) is 7.44. The van der Waals surface area contributed by atoms with Gasteiger partial charge >= 0.3 is 6.03 Å². The number of fused-ring (bicyclic) bond motifs is 1. The van der Waals surface area contributed by atoms with Crippen molar-refractivity contribution in [2.75, 3.05) is 11.9 Å². The first kappa shape index (κ1) is 13.7. The number of carbonyl (C=O) groups is 1. The van der Waals surface area contributed by atoms with E-state index < -0.39 is 0 Å². The summed E-state index contributed by atoms with van der Waals surface area (Å²) in [6.45, 7) is 5.92. The monoisotopic (exact) mass is 283 g/mol. The maximum Gasteiger partial charge on any atom is 0.322 e.